The third-order valence-corrected chi connectivity index (χ3v) is 9.03. The largest absolute Gasteiger partial charge is 0.396 e. The standard InChI is InChI=1S/C24H38.C3H8O/c1-16-11-13-23(5)17(15-16)7-8-18-19-9-10-21(22(2,3)4)24(19,6)14-12-20(18)23;1-2-3-4/h7,9,16,18,20-21H,8,10-15H2,1-6H3;4H,2-3H2,1H3. The highest BCUT2D eigenvalue weighted by Gasteiger charge is 2.56. The van der Waals surface area contributed by atoms with E-state index in [-0.39, 0.29) is 0 Å². The lowest BCUT2D eigenvalue weighted by Crippen LogP contribution is -2.48. The number of allylic oxidation sites excluding steroid dienone is 4. The van der Waals surface area contributed by atoms with Gasteiger partial charge in [0, 0.05) is 6.61 Å². The smallest absolute Gasteiger partial charge is 0.0428 e. The molecular formula is C27H46O. The molecule has 1 heteroatoms. The first-order valence-electron chi connectivity index (χ1n) is 12.1. The minimum atomic E-state index is 0.319. The molecule has 0 aromatic heterocycles. The van der Waals surface area contributed by atoms with E-state index in [1.165, 1.54) is 44.9 Å². The minimum absolute atomic E-state index is 0.319. The van der Waals surface area contributed by atoms with Gasteiger partial charge in [0.05, 0.1) is 0 Å². The lowest BCUT2D eigenvalue weighted by molar-refractivity contribution is 0.0184. The predicted octanol–water partition coefficient (Wildman–Crippen LogP) is 7.56. The fourth-order valence-electron chi connectivity index (χ4n) is 7.50. The van der Waals surface area contributed by atoms with Crippen molar-refractivity contribution >= 4 is 0 Å². The van der Waals surface area contributed by atoms with Gasteiger partial charge in [-0.3, -0.25) is 0 Å². The lowest BCUT2D eigenvalue weighted by Gasteiger charge is -2.57. The predicted molar refractivity (Wildman–Crippen MR) is 121 cm³/mol. The van der Waals surface area contributed by atoms with Gasteiger partial charge in [0.15, 0.2) is 0 Å². The number of rotatable bonds is 1. The molecule has 2 fully saturated rings. The van der Waals surface area contributed by atoms with Crippen LogP contribution in [0.1, 0.15) is 99.8 Å². The second-order valence-electron chi connectivity index (χ2n) is 11.9. The highest BCUT2D eigenvalue weighted by molar-refractivity contribution is 5.35. The molecule has 28 heavy (non-hydrogen) atoms. The van der Waals surface area contributed by atoms with Crippen molar-refractivity contribution < 1.29 is 5.11 Å². The van der Waals surface area contributed by atoms with Crippen molar-refractivity contribution in [2.24, 2.45) is 39.9 Å². The summed E-state index contributed by atoms with van der Waals surface area (Å²) in [4.78, 5) is 0. The molecule has 4 rings (SSSR count). The van der Waals surface area contributed by atoms with Crippen molar-refractivity contribution in [3.8, 4) is 0 Å². The van der Waals surface area contributed by atoms with Crippen LogP contribution >= 0.6 is 0 Å². The van der Waals surface area contributed by atoms with E-state index in [1.54, 1.807) is 0 Å². The van der Waals surface area contributed by atoms with Gasteiger partial charge in [-0.15, -0.1) is 0 Å². The summed E-state index contributed by atoms with van der Waals surface area (Å²) in [6, 6.07) is 0. The zero-order valence-corrected chi connectivity index (χ0v) is 19.8. The van der Waals surface area contributed by atoms with E-state index in [4.69, 9.17) is 5.11 Å². The Bertz CT molecular complexity index is 619. The first-order valence-corrected chi connectivity index (χ1v) is 12.1. The Morgan fingerprint density at radius 1 is 1.04 bits per heavy atom. The summed E-state index contributed by atoms with van der Waals surface area (Å²) in [6.45, 7) is 17.3. The number of aliphatic hydroxyl groups is 1. The van der Waals surface area contributed by atoms with Gasteiger partial charge in [0.25, 0.3) is 0 Å². The molecule has 0 aromatic rings. The van der Waals surface area contributed by atoms with Crippen molar-refractivity contribution in [2.45, 2.75) is 99.8 Å². The minimum Gasteiger partial charge on any atom is -0.396 e. The molecule has 0 amide bonds. The van der Waals surface area contributed by atoms with Gasteiger partial charge in [-0.1, -0.05) is 71.8 Å². The van der Waals surface area contributed by atoms with Gasteiger partial charge in [-0.05, 0) is 91.3 Å². The van der Waals surface area contributed by atoms with Crippen LogP contribution in [0.4, 0.5) is 0 Å². The summed E-state index contributed by atoms with van der Waals surface area (Å²) in [5, 5.41) is 7.88. The Kier molecular flexibility index (Phi) is 6.27. The normalized spacial score (nSPS) is 42.3. The van der Waals surface area contributed by atoms with E-state index in [1.807, 2.05) is 18.1 Å². The molecule has 6 atom stereocenters. The Morgan fingerprint density at radius 3 is 2.29 bits per heavy atom. The summed E-state index contributed by atoms with van der Waals surface area (Å²) in [7, 11) is 0. The highest BCUT2D eigenvalue weighted by Crippen LogP contribution is 2.66. The molecule has 0 spiro atoms. The fraction of sp³-hybridized carbons (Fsp3) is 0.852. The van der Waals surface area contributed by atoms with Crippen LogP contribution in [-0.4, -0.2) is 11.7 Å². The second-order valence-corrected chi connectivity index (χ2v) is 11.9. The number of hydrogen-bond donors (Lipinski definition) is 1. The van der Waals surface area contributed by atoms with Crippen molar-refractivity contribution in [1.29, 1.82) is 0 Å². The van der Waals surface area contributed by atoms with Crippen LogP contribution in [-0.2, 0) is 0 Å². The second kappa shape index (κ2) is 7.93. The molecule has 0 saturated heterocycles. The van der Waals surface area contributed by atoms with E-state index in [0.717, 1.165) is 30.1 Å². The van der Waals surface area contributed by atoms with E-state index in [2.05, 4.69) is 53.7 Å². The summed E-state index contributed by atoms with van der Waals surface area (Å²) in [5.74, 6) is 3.51. The quantitative estimate of drug-likeness (QED) is 0.461. The van der Waals surface area contributed by atoms with Gasteiger partial charge < -0.3 is 5.11 Å². The third kappa shape index (κ3) is 3.66. The maximum absolute atomic E-state index is 7.88. The average molecular weight is 387 g/mol. The SMILES string of the molecule is CC1CCC2(C)C(=CCC3C4=CCC(C(C)(C)C)C4(C)CCC32)C1.CCCO. The Labute approximate surface area is 175 Å². The van der Waals surface area contributed by atoms with Crippen LogP contribution in [0.25, 0.3) is 0 Å². The molecule has 0 heterocycles. The molecule has 1 nitrogen and oxygen atoms in total. The van der Waals surface area contributed by atoms with Crippen LogP contribution in [0, 0.1) is 39.9 Å². The summed E-state index contributed by atoms with van der Waals surface area (Å²) < 4.78 is 0. The van der Waals surface area contributed by atoms with E-state index in [9.17, 15) is 0 Å². The summed E-state index contributed by atoms with van der Waals surface area (Å²) in [5.41, 5.74) is 5.12. The molecule has 0 radical (unpaired) electrons. The molecule has 160 valence electrons. The monoisotopic (exact) mass is 386 g/mol. The third-order valence-electron chi connectivity index (χ3n) is 9.03. The van der Waals surface area contributed by atoms with Gasteiger partial charge in [0.2, 0.25) is 0 Å². The molecule has 0 aromatic carbocycles. The van der Waals surface area contributed by atoms with Crippen molar-refractivity contribution in [2.75, 3.05) is 6.61 Å². The Balaban J connectivity index is 0.000000516. The molecule has 4 aliphatic carbocycles. The molecule has 1 N–H and O–H groups in total. The summed E-state index contributed by atoms with van der Waals surface area (Å²) >= 11 is 0. The molecule has 6 unspecified atom stereocenters. The van der Waals surface area contributed by atoms with Crippen LogP contribution in [0.15, 0.2) is 23.3 Å². The van der Waals surface area contributed by atoms with Crippen LogP contribution in [0.5, 0.6) is 0 Å². The average Bonchev–Trinajstić information content (AvgIpc) is 3.00. The molecule has 0 aliphatic heterocycles. The number of hydrogen-bond acceptors (Lipinski definition) is 1. The maximum Gasteiger partial charge on any atom is 0.0428 e. The van der Waals surface area contributed by atoms with Gasteiger partial charge in [-0.2, -0.15) is 0 Å². The van der Waals surface area contributed by atoms with E-state index < -0.39 is 0 Å². The first-order chi connectivity index (χ1) is 13.1. The number of fused-ring (bicyclic) bond motifs is 5. The van der Waals surface area contributed by atoms with Gasteiger partial charge in [0.1, 0.15) is 0 Å². The first kappa shape index (κ1) is 22.1. The Morgan fingerprint density at radius 2 is 1.68 bits per heavy atom. The van der Waals surface area contributed by atoms with E-state index in [0.29, 0.717) is 22.9 Å². The van der Waals surface area contributed by atoms with Crippen molar-refractivity contribution in [1.82, 2.24) is 0 Å². The highest BCUT2D eigenvalue weighted by atomic mass is 16.2. The summed E-state index contributed by atoms with van der Waals surface area (Å²) in [6.07, 6.45) is 16.1. The van der Waals surface area contributed by atoms with E-state index >= 15 is 0 Å². The lowest BCUT2D eigenvalue weighted by atomic mass is 9.47. The molecule has 0 bridgehead atoms. The van der Waals surface area contributed by atoms with Crippen molar-refractivity contribution in [3.05, 3.63) is 23.3 Å². The van der Waals surface area contributed by atoms with Crippen LogP contribution in [0.3, 0.4) is 0 Å². The Hall–Kier alpha value is -0.560. The zero-order chi connectivity index (χ0) is 20.7. The fourth-order valence-corrected chi connectivity index (χ4v) is 7.50. The zero-order valence-electron chi connectivity index (χ0n) is 19.8. The topological polar surface area (TPSA) is 20.2 Å². The molecule has 2 saturated carbocycles. The van der Waals surface area contributed by atoms with Gasteiger partial charge in [-0.25, -0.2) is 0 Å². The molecular weight excluding hydrogens is 340 g/mol. The molecule has 4 aliphatic rings. The maximum atomic E-state index is 7.88. The van der Waals surface area contributed by atoms with Gasteiger partial charge >= 0.3 is 0 Å². The number of aliphatic hydroxyl groups excluding tert-OH is 1. The van der Waals surface area contributed by atoms with Crippen LogP contribution < -0.4 is 0 Å². The van der Waals surface area contributed by atoms with Crippen LogP contribution in [0.2, 0.25) is 0 Å². The van der Waals surface area contributed by atoms with Crippen molar-refractivity contribution in [3.63, 3.8) is 0 Å².